The van der Waals surface area contributed by atoms with Crippen LogP contribution in [0.25, 0.3) is 0 Å². The SMILES string of the molecule is OCC1OC(Nc2ccc(OC(F)(F)F)cc2)C(O)C(O)C1O. The minimum atomic E-state index is -4.80. The maximum atomic E-state index is 12.1. The van der Waals surface area contributed by atoms with Crippen molar-refractivity contribution in [2.45, 2.75) is 37.0 Å². The fourth-order valence-electron chi connectivity index (χ4n) is 2.14. The van der Waals surface area contributed by atoms with Crippen LogP contribution in [0.1, 0.15) is 0 Å². The molecule has 0 saturated carbocycles. The van der Waals surface area contributed by atoms with E-state index in [0.717, 1.165) is 12.1 Å². The van der Waals surface area contributed by atoms with Crippen LogP contribution in [0.3, 0.4) is 0 Å². The number of aliphatic hydroxyl groups is 4. The fourth-order valence-corrected chi connectivity index (χ4v) is 2.14. The first-order valence-corrected chi connectivity index (χ1v) is 6.64. The molecule has 130 valence electrons. The highest BCUT2D eigenvalue weighted by atomic mass is 19.4. The summed E-state index contributed by atoms with van der Waals surface area (Å²) in [6.07, 6.45) is -11.6. The number of ether oxygens (including phenoxy) is 2. The molecule has 2 rings (SSSR count). The van der Waals surface area contributed by atoms with Crippen molar-refractivity contribution in [1.29, 1.82) is 0 Å². The number of alkyl halides is 3. The summed E-state index contributed by atoms with van der Waals surface area (Å²) in [5.41, 5.74) is 0.281. The van der Waals surface area contributed by atoms with Gasteiger partial charge in [0, 0.05) is 5.69 Å². The number of hydrogen-bond donors (Lipinski definition) is 5. The maximum absolute atomic E-state index is 12.1. The number of anilines is 1. The Morgan fingerprint density at radius 1 is 1.04 bits per heavy atom. The monoisotopic (exact) mass is 339 g/mol. The second-order valence-electron chi connectivity index (χ2n) is 4.97. The normalized spacial score (nSPS) is 31.7. The lowest BCUT2D eigenvalue weighted by atomic mass is 9.98. The van der Waals surface area contributed by atoms with E-state index < -0.39 is 49.4 Å². The zero-order chi connectivity index (χ0) is 17.2. The van der Waals surface area contributed by atoms with Crippen LogP contribution in [-0.4, -0.2) is 64.0 Å². The summed E-state index contributed by atoms with van der Waals surface area (Å²) in [6, 6.07) is 4.62. The van der Waals surface area contributed by atoms with E-state index in [-0.39, 0.29) is 5.69 Å². The van der Waals surface area contributed by atoms with Crippen LogP contribution in [0, 0.1) is 0 Å². The molecule has 1 aromatic rings. The van der Waals surface area contributed by atoms with Crippen LogP contribution in [0.15, 0.2) is 24.3 Å². The molecule has 0 amide bonds. The summed E-state index contributed by atoms with van der Waals surface area (Å²) in [7, 11) is 0. The first kappa shape index (κ1) is 17.8. The molecule has 0 bridgehead atoms. The first-order chi connectivity index (χ1) is 10.7. The number of aliphatic hydroxyl groups excluding tert-OH is 4. The Hall–Kier alpha value is -1.59. The van der Waals surface area contributed by atoms with Gasteiger partial charge in [-0.05, 0) is 24.3 Å². The van der Waals surface area contributed by atoms with Gasteiger partial charge in [0.2, 0.25) is 0 Å². The summed E-state index contributed by atoms with van der Waals surface area (Å²) in [5, 5.41) is 40.8. The number of benzene rings is 1. The summed E-state index contributed by atoms with van der Waals surface area (Å²) in [4.78, 5) is 0. The van der Waals surface area contributed by atoms with Gasteiger partial charge in [-0.1, -0.05) is 0 Å². The lowest BCUT2D eigenvalue weighted by Gasteiger charge is -2.40. The summed E-state index contributed by atoms with van der Waals surface area (Å²) in [6.45, 7) is -0.582. The second kappa shape index (κ2) is 6.89. The Kier molecular flexibility index (Phi) is 5.32. The van der Waals surface area contributed by atoms with Gasteiger partial charge in [-0.2, -0.15) is 0 Å². The van der Waals surface area contributed by atoms with Crippen LogP contribution in [0.2, 0.25) is 0 Å². The van der Waals surface area contributed by atoms with Crippen molar-refractivity contribution in [2.24, 2.45) is 0 Å². The molecule has 0 aromatic heterocycles. The van der Waals surface area contributed by atoms with Crippen molar-refractivity contribution in [2.75, 3.05) is 11.9 Å². The molecule has 1 fully saturated rings. The molecule has 23 heavy (non-hydrogen) atoms. The Morgan fingerprint density at radius 2 is 1.65 bits per heavy atom. The smallest absolute Gasteiger partial charge is 0.406 e. The third kappa shape index (κ3) is 4.45. The van der Waals surface area contributed by atoms with Gasteiger partial charge in [-0.15, -0.1) is 13.2 Å². The summed E-state index contributed by atoms with van der Waals surface area (Å²) in [5.74, 6) is -0.420. The zero-order valence-electron chi connectivity index (χ0n) is 11.6. The van der Waals surface area contributed by atoms with Gasteiger partial charge in [0.1, 0.15) is 30.2 Å². The lowest BCUT2D eigenvalue weighted by molar-refractivity contribution is -0.274. The van der Waals surface area contributed by atoms with Crippen molar-refractivity contribution in [3.05, 3.63) is 24.3 Å². The van der Waals surface area contributed by atoms with Gasteiger partial charge in [0.15, 0.2) is 6.23 Å². The van der Waals surface area contributed by atoms with Crippen LogP contribution >= 0.6 is 0 Å². The van der Waals surface area contributed by atoms with E-state index in [0.29, 0.717) is 0 Å². The van der Waals surface area contributed by atoms with E-state index in [2.05, 4.69) is 10.1 Å². The molecule has 0 radical (unpaired) electrons. The van der Waals surface area contributed by atoms with Crippen molar-refractivity contribution in [1.82, 2.24) is 0 Å². The highest BCUT2D eigenvalue weighted by Gasteiger charge is 2.43. The van der Waals surface area contributed by atoms with Gasteiger partial charge in [0.25, 0.3) is 0 Å². The Balaban J connectivity index is 2.03. The van der Waals surface area contributed by atoms with Crippen LogP contribution in [0.4, 0.5) is 18.9 Å². The lowest BCUT2D eigenvalue weighted by Crippen LogP contribution is -2.60. The van der Waals surface area contributed by atoms with Crippen molar-refractivity contribution >= 4 is 5.69 Å². The van der Waals surface area contributed by atoms with Gasteiger partial charge in [0.05, 0.1) is 6.61 Å². The summed E-state index contributed by atoms with van der Waals surface area (Å²) >= 11 is 0. The molecule has 1 aliphatic heterocycles. The molecule has 0 spiro atoms. The molecule has 5 unspecified atom stereocenters. The van der Waals surface area contributed by atoms with Crippen molar-refractivity contribution in [3.63, 3.8) is 0 Å². The van der Waals surface area contributed by atoms with E-state index in [1.54, 1.807) is 0 Å². The van der Waals surface area contributed by atoms with E-state index in [9.17, 15) is 28.5 Å². The predicted molar refractivity (Wildman–Crippen MR) is 70.5 cm³/mol. The second-order valence-corrected chi connectivity index (χ2v) is 4.97. The Bertz CT molecular complexity index is 509. The Morgan fingerprint density at radius 3 is 2.17 bits per heavy atom. The molecule has 5 N–H and O–H groups in total. The predicted octanol–water partition coefficient (Wildman–Crippen LogP) is -0.203. The zero-order valence-corrected chi connectivity index (χ0v) is 11.6. The van der Waals surface area contributed by atoms with Crippen LogP contribution in [-0.2, 0) is 4.74 Å². The third-order valence-corrected chi connectivity index (χ3v) is 3.29. The molecule has 7 nitrogen and oxygen atoms in total. The van der Waals surface area contributed by atoms with Gasteiger partial charge in [-0.3, -0.25) is 0 Å². The van der Waals surface area contributed by atoms with Gasteiger partial charge < -0.3 is 35.2 Å². The van der Waals surface area contributed by atoms with E-state index in [1.165, 1.54) is 12.1 Å². The van der Waals surface area contributed by atoms with Crippen molar-refractivity contribution in [3.8, 4) is 5.75 Å². The molecular formula is C13H16F3NO6. The maximum Gasteiger partial charge on any atom is 0.573 e. The quantitative estimate of drug-likeness (QED) is 0.516. The van der Waals surface area contributed by atoms with Crippen LogP contribution in [0.5, 0.6) is 5.75 Å². The summed E-state index contributed by atoms with van der Waals surface area (Å²) < 4.78 is 45.1. The average molecular weight is 339 g/mol. The minimum Gasteiger partial charge on any atom is -0.406 e. The minimum absolute atomic E-state index is 0.281. The third-order valence-electron chi connectivity index (χ3n) is 3.29. The van der Waals surface area contributed by atoms with E-state index in [1.807, 2.05) is 0 Å². The highest BCUT2D eigenvalue weighted by molar-refractivity contribution is 5.47. The van der Waals surface area contributed by atoms with E-state index >= 15 is 0 Å². The topological polar surface area (TPSA) is 111 Å². The van der Waals surface area contributed by atoms with Crippen LogP contribution < -0.4 is 10.1 Å². The Labute approximate surface area is 128 Å². The highest BCUT2D eigenvalue weighted by Crippen LogP contribution is 2.26. The number of halogens is 3. The first-order valence-electron chi connectivity index (χ1n) is 6.64. The molecule has 0 aliphatic carbocycles. The molecule has 10 heteroatoms. The van der Waals surface area contributed by atoms with Gasteiger partial charge >= 0.3 is 6.36 Å². The molecule has 1 aromatic carbocycles. The van der Waals surface area contributed by atoms with Gasteiger partial charge in [-0.25, -0.2) is 0 Å². The largest absolute Gasteiger partial charge is 0.573 e. The molecular weight excluding hydrogens is 323 g/mol. The number of rotatable bonds is 4. The fraction of sp³-hybridized carbons (Fsp3) is 0.538. The molecule has 1 saturated heterocycles. The standard InChI is InChI=1S/C13H16F3NO6/c14-13(15,16)23-7-3-1-6(2-4-7)17-12-11(21)10(20)9(19)8(5-18)22-12/h1-4,8-12,17-21H,5H2. The number of hydrogen-bond acceptors (Lipinski definition) is 7. The number of nitrogens with one attached hydrogen (secondary N) is 1. The molecule has 1 aliphatic rings. The van der Waals surface area contributed by atoms with E-state index in [4.69, 9.17) is 9.84 Å². The molecule has 1 heterocycles. The molecule has 5 atom stereocenters. The average Bonchev–Trinajstić information content (AvgIpc) is 2.48. The van der Waals surface area contributed by atoms with Crippen molar-refractivity contribution < 1.29 is 43.1 Å².